The lowest BCUT2D eigenvalue weighted by molar-refractivity contribution is -0.130. The van der Waals surface area contributed by atoms with Crippen LogP contribution in [0.1, 0.15) is 31.1 Å². The smallest absolute Gasteiger partial charge is 0.255 e. The number of hydrogen-bond acceptors (Lipinski definition) is 5. The molecular formula is C18H26N4O3. The summed E-state index contributed by atoms with van der Waals surface area (Å²) in [6.45, 7) is 9.61. The van der Waals surface area contributed by atoms with Gasteiger partial charge in [0.05, 0.1) is 17.8 Å². The Bertz CT molecular complexity index is 616. The molecule has 2 fully saturated rings. The van der Waals surface area contributed by atoms with E-state index >= 15 is 0 Å². The molecule has 0 bridgehead atoms. The zero-order chi connectivity index (χ0) is 18.0. The first kappa shape index (κ1) is 17.7. The van der Waals surface area contributed by atoms with Crippen LogP contribution in [0.15, 0.2) is 18.3 Å². The summed E-state index contributed by atoms with van der Waals surface area (Å²) in [4.78, 5) is 34.2. The van der Waals surface area contributed by atoms with E-state index in [4.69, 9.17) is 4.74 Å². The zero-order valence-electron chi connectivity index (χ0n) is 15.1. The highest BCUT2D eigenvalue weighted by atomic mass is 16.5. The number of aromatic nitrogens is 1. The summed E-state index contributed by atoms with van der Waals surface area (Å²) in [5.74, 6) is 0.915. The van der Waals surface area contributed by atoms with Gasteiger partial charge in [0.25, 0.3) is 5.91 Å². The SMILES string of the molecule is CC(=O)N1CCN(C(=O)c2ccc(N3C[C@H](C)O[C@@H](C)C3)nc2)CC1. The number of amides is 2. The molecule has 0 aromatic carbocycles. The molecule has 3 heterocycles. The Kier molecular flexibility index (Phi) is 5.22. The predicted molar refractivity (Wildman–Crippen MR) is 94.6 cm³/mol. The van der Waals surface area contributed by atoms with Crippen molar-refractivity contribution in [1.82, 2.24) is 14.8 Å². The number of morpholine rings is 1. The molecule has 2 amide bonds. The van der Waals surface area contributed by atoms with Crippen molar-refractivity contribution in [2.45, 2.75) is 33.0 Å². The summed E-state index contributed by atoms with van der Waals surface area (Å²) in [7, 11) is 0. The largest absolute Gasteiger partial charge is 0.372 e. The third kappa shape index (κ3) is 4.10. The molecule has 2 saturated heterocycles. The fraction of sp³-hybridized carbons (Fsp3) is 0.611. The van der Waals surface area contributed by atoms with Crippen LogP contribution in [-0.2, 0) is 9.53 Å². The van der Waals surface area contributed by atoms with Gasteiger partial charge in [-0.05, 0) is 26.0 Å². The maximum absolute atomic E-state index is 12.6. The number of carbonyl (C=O) groups is 2. The standard InChI is InChI=1S/C18H26N4O3/c1-13-11-22(12-14(2)25-13)17-5-4-16(10-19-17)18(24)21-8-6-20(7-9-21)15(3)23/h4-5,10,13-14H,6-9,11-12H2,1-3H3/t13-,14-/m0/s1. The van der Waals surface area contributed by atoms with Crippen molar-refractivity contribution in [3.8, 4) is 0 Å². The monoisotopic (exact) mass is 346 g/mol. The van der Waals surface area contributed by atoms with Crippen molar-refractivity contribution >= 4 is 17.6 Å². The number of nitrogens with zero attached hydrogens (tertiary/aromatic N) is 4. The Balaban J connectivity index is 1.62. The van der Waals surface area contributed by atoms with Crippen molar-refractivity contribution in [1.29, 1.82) is 0 Å². The van der Waals surface area contributed by atoms with E-state index in [-0.39, 0.29) is 24.0 Å². The van der Waals surface area contributed by atoms with Gasteiger partial charge in [0.1, 0.15) is 5.82 Å². The molecule has 0 N–H and O–H groups in total. The normalized spacial score (nSPS) is 24.4. The molecule has 0 spiro atoms. The predicted octanol–water partition coefficient (Wildman–Crippen LogP) is 1.000. The van der Waals surface area contributed by atoms with Crippen LogP contribution in [0.4, 0.5) is 5.82 Å². The minimum absolute atomic E-state index is 0.0223. The van der Waals surface area contributed by atoms with Crippen LogP contribution in [0.5, 0.6) is 0 Å². The van der Waals surface area contributed by atoms with Gasteiger partial charge in [-0.15, -0.1) is 0 Å². The van der Waals surface area contributed by atoms with Gasteiger partial charge in [0.15, 0.2) is 0 Å². The van der Waals surface area contributed by atoms with E-state index in [0.29, 0.717) is 31.7 Å². The Morgan fingerprint density at radius 3 is 2.16 bits per heavy atom. The topological polar surface area (TPSA) is 66.0 Å². The third-order valence-corrected chi connectivity index (χ3v) is 4.75. The number of ether oxygens (including phenoxy) is 1. The molecule has 0 radical (unpaired) electrons. The molecule has 2 aliphatic heterocycles. The first-order valence-electron chi connectivity index (χ1n) is 8.85. The fourth-order valence-corrected chi connectivity index (χ4v) is 3.47. The van der Waals surface area contributed by atoms with E-state index in [1.165, 1.54) is 0 Å². The van der Waals surface area contributed by atoms with E-state index in [0.717, 1.165) is 18.9 Å². The average Bonchev–Trinajstić information content (AvgIpc) is 2.60. The summed E-state index contributed by atoms with van der Waals surface area (Å²) >= 11 is 0. The van der Waals surface area contributed by atoms with Crippen molar-refractivity contribution in [3.05, 3.63) is 23.9 Å². The Morgan fingerprint density at radius 1 is 1.04 bits per heavy atom. The van der Waals surface area contributed by atoms with Crippen LogP contribution in [0.3, 0.4) is 0 Å². The fourth-order valence-electron chi connectivity index (χ4n) is 3.47. The van der Waals surface area contributed by atoms with Crippen LogP contribution in [-0.4, -0.2) is 78.1 Å². The van der Waals surface area contributed by atoms with E-state index in [1.54, 1.807) is 22.9 Å². The molecule has 7 heteroatoms. The second-order valence-electron chi connectivity index (χ2n) is 6.87. The van der Waals surface area contributed by atoms with Gasteiger partial charge in [-0.2, -0.15) is 0 Å². The van der Waals surface area contributed by atoms with Gasteiger partial charge in [-0.3, -0.25) is 9.59 Å². The third-order valence-electron chi connectivity index (χ3n) is 4.75. The van der Waals surface area contributed by atoms with Crippen molar-refractivity contribution in [3.63, 3.8) is 0 Å². The van der Waals surface area contributed by atoms with Crippen molar-refractivity contribution in [2.24, 2.45) is 0 Å². The van der Waals surface area contributed by atoms with Crippen molar-refractivity contribution < 1.29 is 14.3 Å². The van der Waals surface area contributed by atoms with Crippen LogP contribution in [0.25, 0.3) is 0 Å². The number of piperazine rings is 1. The van der Waals surface area contributed by atoms with Crippen LogP contribution in [0.2, 0.25) is 0 Å². The Labute approximate surface area is 148 Å². The van der Waals surface area contributed by atoms with Gasteiger partial charge in [0, 0.05) is 52.4 Å². The first-order chi connectivity index (χ1) is 11.9. The number of anilines is 1. The van der Waals surface area contributed by atoms with E-state index in [9.17, 15) is 9.59 Å². The summed E-state index contributed by atoms with van der Waals surface area (Å²) in [6, 6.07) is 3.75. The number of rotatable bonds is 2. The molecule has 0 unspecified atom stereocenters. The molecule has 1 aromatic rings. The van der Waals surface area contributed by atoms with Crippen molar-refractivity contribution in [2.75, 3.05) is 44.2 Å². The minimum atomic E-state index is -0.0223. The van der Waals surface area contributed by atoms with Crippen LogP contribution >= 0.6 is 0 Å². The molecular weight excluding hydrogens is 320 g/mol. The lowest BCUT2D eigenvalue weighted by Gasteiger charge is -2.36. The second-order valence-corrected chi connectivity index (χ2v) is 6.87. The minimum Gasteiger partial charge on any atom is -0.372 e. The van der Waals surface area contributed by atoms with Gasteiger partial charge >= 0.3 is 0 Å². The lowest BCUT2D eigenvalue weighted by Crippen LogP contribution is -2.50. The van der Waals surface area contributed by atoms with Gasteiger partial charge < -0.3 is 19.4 Å². The number of hydrogen-bond donors (Lipinski definition) is 0. The van der Waals surface area contributed by atoms with Gasteiger partial charge in [-0.1, -0.05) is 0 Å². The summed E-state index contributed by atoms with van der Waals surface area (Å²) in [5.41, 5.74) is 0.592. The Hall–Kier alpha value is -2.15. The number of carbonyl (C=O) groups excluding carboxylic acids is 2. The average molecular weight is 346 g/mol. The summed E-state index contributed by atoms with van der Waals surface area (Å²) in [5, 5.41) is 0. The maximum atomic E-state index is 12.6. The van der Waals surface area contributed by atoms with Crippen LogP contribution in [0, 0.1) is 0 Å². The molecule has 0 saturated carbocycles. The highest BCUT2D eigenvalue weighted by Crippen LogP contribution is 2.19. The van der Waals surface area contributed by atoms with E-state index in [2.05, 4.69) is 23.7 Å². The zero-order valence-corrected chi connectivity index (χ0v) is 15.1. The van der Waals surface area contributed by atoms with E-state index in [1.807, 2.05) is 12.1 Å². The highest BCUT2D eigenvalue weighted by Gasteiger charge is 2.25. The molecule has 136 valence electrons. The molecule has 7 nitrogen and oxygen atoms in total. The number of pyridine rings is 1. The summed E-state index contributed by atoms with van der Waals surface area (Å²) < 4.78 is 5.75. The molecule has 25 heavy (non-hydrogen) atoms. The molecule has 2 atom stereocenters. The summed E-state index contributed by atoms with van der Waals surface area (Å²) in [6.07, 6.45) is 1.99. The van der Waals surface area contributed by atoms with Gasteiger partial charge in [-0.25, -0.2) is 4.98 Å². The first-order valence-corrected chi connectivity index (χ1v) is 8.85. The second kappa shape index (κ2) is 7.39. The lowest BCUT2D eigenvalue weighted by atomic mass is 10.2. The van der Waals surface area contributed by atoms with Crippen LogP contribution < -0.4 is 4.90 Å². The molecule has 0 aliphatic carbocycles. The Morgan fingerprint density at radius 2 is 1.64 bits per heavy atom. The quantitative estimate of drug-likeness (QED) is 0.799. The highest BCUT2D eigenvalue weighted by molar-refractivity contribution is 5.94. The molecule has 3 rings (SSSR count). The van der Waals surface area contributed by atoms with E-state index < -0.39 is 0 Å². The van der Waals surface area contributed by atoms with Gasteiger partial charge in [0.2, 0.25) is 5.91 Å². The molecule has 2 aliphatic rings. The maximum Gasteiger partial charge on any atom is 0.255 e. The molecule has 1 aromatic heterocycles.